The minimum absolute atomic E-state index is 0.179. The highest BCUT2D eigenvalue weighted by atomic mass is 28.2. The third-order valence-electron chi connectivity index (χ3n) is 0.744. The van der Waals surface area contributed by atoms with Gasteiger partial charge >= 0.3 is 0 Å². The van der Waals surface area contributed by atoms with Gasteiger partial charge < -0.3 is 8.85 Å². The Bertz CT molecular complexity index is 25.0. The van der Waals surface area contributed by atoms with Crippen LogP contribution in [0.3, 0.4) is 0 Å². The molecule has 0 unspecified atom stereocenters. The van der Waals surface area contributed by atoms with Gasteiger partial charge in [0.1, 0.15) is 0 Å². The average molecular weight is 120 g/mol. The van der Waals surface area contributed by atoms with Crippen LogP contribution in [0.2, 0.25) is 0 Å². The van der Waals surface area contributed by atoms with Gasteiger partial charge in [-0.15, -0.1) is 0 Å². The second-order valence-corrected chi connectivity index (χ2v) is 3.67. The Kier molecular flexibility index (Phi) is 1.89. The lowest BCUT2D eigenvalue weighted by molar-refractivity contribution is 0.289. The van der Waals surface area contributed by atoms with Crippen molar-refractivity contribution in [3.63, 3.8) is 0 Å². The lowest BCUT2D eigenvalue weighted by Crippen LogP contribution is -2.22. The zero-order valence-corrected chi connectivity index (χ0v) is 6.47. The van der Waals surface area contributed by atoms with E-state index in [0.29, 0.717) is 0 Å². The van der Waals surface area contributed by atoms with Crippen LogP contribution in [-0.2, 0) is 8.85 Å². The van der Waals surface area contributed by atoms with Crippen LogP contribution in [-0.4, -0.2) is 32.0 Å². The van der Waals surface area contributed by atoms with E-state index in [9.17, 15) is 0 Å². The van der Waals surface area contributed by atoms with Gasteiger partial charge in [-0.25, -0.2) is 0 Å². The molecule has 0 spiro atoms. The summed E-state index contributed by atoms with van der Waals surface area (Å²) in [5.41, 5.74) is 0. The van der Waals surface area contributed by atoms with Crippen molar-refractivity contribution in [2.24, 2.45) is 0 Å². The van der Waals surface area contributed by atoms with Crippen molar-refractivity contribution < 1.29 is 8.85 Å². The van der Waals surface area contributed by atoms with Gasteiger partial charge in [0, 0.05) is 12.5 Å². The number of hydrogen-bond donors (Lipinski definition) is 0. The summed E-state index contributed by atoms with van der Waals surface area (Å²) in [6, 6.07) is 0. The molecule has 0 aromatic carbocycles. The van der Waals surface area contributed by atoms with Crippen LogP contribution in [0.1, 0.15) is 0 Å². The second-order valence-electron chi connectivity index (χ2n) is 1.22. The zero-order valence-electron chi connectivity index (χ0n) is 3.64. The van der Waals surface area contributed by atoms with Crippen molar-refractivity contribution >= 4 is 19.5 Å². The summed E-state index contributed by atoms with van der Waals surface area (Å²) in [6.07, 6.45) is 1.96. The Morgan fingerprint density at radius 1 is 1.00 bits per heavy atom. The van der Waals surface area contributed by atoms with E-state index in [1.165, 1.54) is 0 Å². The Labute approximate surface area is 41.7 Å². The molecule has 6 heavy (non-hydrogen) atoms. The van der Waals surface area contributed by atoms with Crippen LogP contribution < -0.4 is 0 Å². The Morgan fingerprint density at radius 2 is 1.50 bits per heavy atom. The maximum absolute atomic E-state index is 5.15. The van der Waals surface area contributed by atoms with E-state index >= 15 is 0 Å². The van der Waals surface area contributed by atoms with Crippen LogP contribution in [0.25, 0.3) is 0 Å². The molecule has 0 N–H and O–H groups in total. The molecule has 4 heteroatoms. The molecule has 36 valence electrons. The van der Waals surface area contributed by atoms with Crippen molar-refractivity contribution in [2.45, 2.75) is 0 Å². The monoisotopic (exact) mass is 120 g/mol. The fourth-order valence-corrected chi connectivity index (χ4v) is 3.25. The molecule has 2 nitrogen and oxygen atoms in total. The van der Waals surface area contributed by atoms with E-state index in [-0.39, 0.29) is 19.5 Å². The topological polar surface area (TPSA) is 18.5 Å². The SMILES string of the molecule is C1O[SiH2]CO[SiH2]1. The molecule has 1 rings (SSSR count). The first-order chi connectivity index (χ1) is 3.00. The van der Waals surface area contributed by atoms with Crippen LogP contribution >= 0.6 is 0 Å². The Hall–Kier alpha value is 0.354. The third-order valence-corrected chi connectivity index (χ3v) is 3.96. The van der Waals surface area contributed by atoms with Crippen LogP contribution in [0.15, 0.2) is 0 Å². The van der Waals surface area contributed by atoms with Crippen molar-refractivity contribution in [1.82, 2.24) is 0 Å². The first kappa shape index (κ1) is 4.51. The largest absolute Gasteiger partial charge is 0.423 e. The third kappa shape index (κ3) is 1.21. The smallest absolute Gasteiger partial charge is 0.185 e. The fourth-order valence-electron chi connectivity index (χ4n) is 0.440. The highest BCUT2D eigenvalue weighted by molar-refractivity contribution is 6.36. The lowest BCUT2D eigenvalue weighted by Gasteiger charge is -2.09. The summed E-state index contributed by atoms with van der Waals surface area (Å²) in [7, 11) is -0.358. The maximum Gasteiger partial charge on any atom is 0.185 e. The molecule has 0 bridgehead atoms. The van der Waals surface area contributed by atoms with Crippen molar-refractivity contribution in [3.05, 3.63) is 0 Å². The van der Waals surface area contributed by atoms with Gasteiger partial charge in [-0.05, 0) is 0 Å². The number of hydrogen-bond acceptors (Lipinski definition) is 2. The normalized spacial score (nSPS) is 32.0. The molecule has 0 amide bonds. The highest BCUT2D eigenvalue weighted by Gasteiger charge is 1.96. The first-order valence-electron chi connectivity index (χ1n) is 2.15. The van der Waals surface area contributed by atoms with Crippen molar-refractivity contribution in [2.75, 3.05) is 12.5 Å². The van der Waals surface area contributed by atoms with E-state index in [1.54, 1.807) is 0 Å². The summed E-state index contributed by atoms with van der Waals surface area (Å²) >= 11 is 0. The summed E-state index contributed by atoms with van der Waals surface area (Å²) in [6.45, 7) is 0. The molecule has 0 saturated carbocycles. The van der Waals surface area contributed by atoms with Crippen molar-refractivity contribution in [3.8, 4) is 0 Å². The molecule has 0 aliphatic carbocycles. The molecule has 1 fully saturated rings. The van der Waals surface area contributed by atoms with Gasteiger partial charge in [-0.2, -0.15) is 0 Å². The second kappa shape index (κ2) is 2.51. The van der Waals surface area contributed by atoms with E-state index in [4.69, 9.17) is 8.85 Å². The standard InChI is InChI=1S/C2H8O2Si2/c1-3-6-2-4-5-1/h1-2,5-6H2. The molecule has 1 aliphatic heterocycles. The van der Waals surface area contributed by atoms with Crippen LogP contribution in [0.5, 0.6) is 0 Å². The molecule has 1 aliphatic rings. The first-order valence-corrected chi connectivity index (χ1v) is 5.31. The van der Waals surface area contributed by atoms with Gasteiger partial charge in [0.15, 0.2) is 19.5 Å². The average Bonchev–Trinajstić information content (AvgIpc) is 1.72. The maximum atomic E-state index is 5.15. The molecule has 1 saturated heterocycles. The highest BCUT2D eigenvalue weighted by Crippen LogP contribution is 1.79. The van der Waals surface area contributed by atoms with Gasteiger partial charge in [0.25, 0.3) is 0 Å². The predicted molar refractivity (Wildman–Crippen MR) is 29.0 cm³/mol. The van der Waals surface area contributed by atoms with Gasteiger partial charge in [0.2, 0.25) is 0 Å². The minimum Gasteiger partial charge on any atom is -0.423 e. The molecule has 0 radical (unpaired) electrons. The predicted octanol–water partition coefficient (Wildman–Crippen LogP) is -1.88. The van der Waals surface area contributed by atoms with Crippen LogP contribution in [0, 0.1) is 0 Å². The molecule has 0 aromatic rings. The molecule has 0 aromatic heterocycles. The minimum atomic E-state index is -0.179. The Balaban J connectivity index is 2.00. The van der Waals surface area contributed by atoms with E-state index < -0.39 is 0 Å². The van der Waals surface area contributed by atoms with Gasteiger partial charge in [-0.3, -0.25) is 0 Å². The lowest BCUT2D eigenvalue weighted by atomic mass is 11.7. The van der Waals surface area contributed by atoms with Crippen molar-refractivity contribution in [1.29, 1.82) is 0 Å². The molecular weight excluding hydrogens is 112 g/mol. The molecule has 0 atom stereocenters. The molecule has 1 heterocycles. The summed E-state index contributed by atoms with van der Waals surface area (Å²) in [5, 5.41) is 0. The molecular formula is C2H8O2Si2. The van der Waals surface area contributed by atoms with Gasteiger partial charge in [-0.1, -0.05) is 0 Å². The zero-order chi connectivity index (χ0) is 4.24. The van der Waals surface area contributed by atoms with E-state index in [1.807, 2.05) is 0 Å². The van der Waals surface area contributed by atoms with E-state index in [2.05, 4.69) is 0 Å². The summed E-state index contributed by atoms with van der Waals surface area (Å²) in [4.78, 5) is 0. The number of rotatable bonds is 0. The fraction of sp³-hybridized carbons (Fsp3) is 1.00. The summed E-state index contributed by atoms with van der Waals surface area (Å²) in [5.74, 6) is 0. The Morgan fingerprint density at radius 3 is 1.67 bits per heavy atom. The quantitative estimate of drug-likeness (QED) is 0.348. The van der Waals surface area contributed by atoms with Crippen LogP contribution in [0.4, 0.5) is 0 Å². The van der Waals surface area contributed by atoms with E-state index in [0.717, 1.165) is 12.5 Å². The summed E-state index contributed by atoms with van der Waals surface area (Å²) < 4.78 is 10.3. The van der Waals surface area contributed by atoms with Gasteiger partial charge in [0.05, 0.1) is 0 Å².